The van der Waals surface area contributed by atoms with Crippen LogP contribution in [0.5, 0.6) is 0 Å². The van der Waals surface area contributed by atoms with Gasteiger partial charge in [0, 0.05) is 18.7 Å². The van der Waals surface area contributed by atoms with Crippen molar-refractivity contribution in [2.24, 2.45) is 11.7 Å². The van der Waals surface area contributed by atoms with E-state index in [1.165, 1.54) is 24.3 Å². The van der Waals surface area contributed by atoms with Crippen LogP contribution in [0.25, 0.3) is 0 Å². The average molecular weight is 369 g/mol. The first-order valence-electron chi connectivity index (χ1n) is 8.70. The van der Waals surface area contributed by atoms with Crippen LogP contribution < -0.4 is 11.1 Å². The number of likely N-dealkylation sites (tertiary alicyclic amines) is 1. The Labute approximate surface area is 156 Å². The molecule has 3 N–H and O–H groups in total. The van der Waals surface area contributed by atoms with Crippen LogP contribution >= 0.6 is 0 Å². The Kier molecular flexibility index (Phi) is 5.49. The first-order chi connectivity index (χ1) is 13.0. The summed E-state index contributed by atoms with van der Waals surface area (Å²) >= 11 is 0. The highest BCUT2D eigenvalue weighted by molar-refractivity contribution is 6.03. The van der Waals surface area contributed by atoms with Crippen molar-refractivity contribution in [1.29, 1.82) is 0 Å². The summed E-state index contributed by atoms with van der Waals surface area (Å²) in [6.45, 7) is 0.804. The molecule has 1 atom stereocenters. The van der Waals surface area contributed by atoms with E-state index in [4.69, 9.17) is 5.73 Å². The van der Waals surface area contributed by atoms with Crippen molar-refractivity contribution in [2.75, 3.05) is 18.4 Å². The Morgan fingerprint density at radius 2 is 1.78 bits per heavy atom. The second kappa shape index (κ2) is 7.99. The Bertz CT molecular complexity index is 867. The van der Waals surface area contributed by atoms with Crippen LogP contribution in [-0.2, 0) is 4.79 Å². The highest BCUT2D eigenvalue weighted by Gasteiger charge is 2.29. The second-order valence-corrected chi connectivity index (χ2v) is 6.50. The van der Waals surface area contributed by atoms with Gasteiger partial charge in [0.15, 0.2) is 0 Å². The van der Waals surface area contributed by atoms with E-state index in [2.05, 4.69) is 5.32 Å². The number of piperidine rings is 1. The molecular weight excluding hydrogens is 349 g/mol. The first kappa shape index (κ1) is 18.6. The van der Waals surface area contributed by atoms with E-state index in [0.29, 0.717) is 30.6 Å². The standard InChI is InChI=1S/C20H20FN3O3/c21-15-9-7-13(8-10-15)20(27)24-11-3-4-14(12-24)19(26)23-17-6-2-1-5-16(17)18(22)25/h1-2,5-10,14H,3-4,11-12H2,(H2,22,25)(H,23,26). The fraction of sp³-hybridized carbons (Fsp3) is 0.250. The van der Waals surface area contributed by atoms with Crippen molar-refractivity contribution in [3.05, 3.63) is 65.5 Å². The number of benzene rings is 2. The lowest BCUT2D eigenvalue weighted by Gasteiger charge is -2.32. The molecule has 2 aromatic rings. The fourth-order valence-corrected chi connectivity index (χ4v) is 3.19. The maximum atomic E-state index is 13.0. The Morgan fingerprint density at radius 1 is 1.07 bits per heavy atom. The van der Waals surface area contributed by atoms with Crippen molar-refractivity contribution in [1.82, 2.24) is 4.90 Å². The van der Waals surface area contributed by atoms with E-state index < -0.39 is 17.6 Å². The van der Waals surface area contributed by atoms with Crippen molar-refractivity contribution < 1.29 is 18.8 Å². The molecule has 0 saturated carbocycles. The lowest BCUT2D eigenvalue weighted by molar-refractivity contribution is -0.121. The summed E-state index contributed by atoms with van der Waals surface area (Å²) in [6.07, 6.45) is 1.32. The minimum Gasteiger partial charge on any atom is -0.366 e. The molecule has 6 nitrogen and oxygen atoms in total. The maximum Gasteiger partial charge on any atom is 0.253 e. The molecule has 27 heavy (non-hydrogen) atoms. The Balaban J connectivity index is 1.69. The van der Waals surface area contributed by atoms with Gasteiger partial charge in [-0.2, -0.15) is 0 Å². The van der Waals surface area contributed by atoms with Crippen LogP contribution in [0.4, 0.5) is 10.1 Å². The molecule has 1 saturated heterocycles. The number of anilines is 1. The molecule has 1 unspecified atom stereocenters. The Hall–Kier alpha value is -3.22. The molecular formula is C20H20FN3O3. The highest BCUT2D eigenvalue weighted by Crippen LogP contribution is 2.22. The fourth-order valence-electron chi connectivity index (χ4n) is 3.19. The van der Waals surface area contributed by atoms with Gasteiger partial charge in [0.25, 0.3) is 11.8 Å². The van der Waals surface area contributed by atoms with Crippen molar-refractivity contribution in [2.45, 2.75) is 12.8 Å². The van der Waals surface area contributed by atoms with Gasteiger partial charge >= 0.3 is 0 Å². The molecule has 3 rings (SSSR count). The lowest BCUT2D eigenvalue weighted by Crippen LogP contribution is -2.43. The summed E-state index contributed by atoms with van der Waals surface area (Å²) < 4.78 is 13.0. The normalized spacial score (nSPS) is 16.6. The number of amides is 3. The molecule has 1 fully saturated rings. The molecule has 0 aliphatic carbocycles. The summed E-state index contributed by atoms with van der Waals surface area (Å²) in [5, 5.41) is 2.74. The predicted molar refractivity (Wildman–Crippen MR) is 98.6 cm³/mol. The number of hydrogen-bond donors (Lipinski definition) is 2. The van der Waals surface area contributed by atoms with Crippen molar-refractivity contribution in [3.8, 4) is 0 Å². The van der Waals surface area contributed by atoms with Crippen LogP contribution in [-0.4, -0.2) is 35.7 Å². The van der Waals surface area contributed by atoms with Gasteiger partial charge in [-0.05, 0) is 49.2 Å². The van der Waals surface area contributed by atoms with Gasteiger partial charge in [-0.3, -0.25) is 14.4 Å². The molecule has 0 aromatic heterocycles. The number of carbonyl (C=O) groups excluding carboxylic acids is 3. The van der Waals surface area contributed by atoms with E-state index in [1.807, 2.05) is 0 Å². The zero-order valence-corrected chi connectivity index (χ0v) is 14.7. The van der Waals surface area contributed by atoms with Crippen LogP contribution in [0.3, 0.4) is 0 Å². The molecule has 140 valence electrons. The first-order valence-corrected chi connectivity index (χ1v) is 8.70. The van der Waals surface area contributed by atoms with Gasteiger partial charge in [-0.15, -0.1) is 0 Å². The van der Waals surface area contributed by atoms with Crippen molar-refractivity contribution >= 4 is 23.4 Å². The zero-order valence-electron chi connectivity index (χ0n) is 14.7. The minimum atomic E-state index is -0.623. The number of nitrogens with two attached hydrogens (primary N) is 1. The SMILES string of the molecule is NC(=O)c1ccccc1NC(=O)C1CCCN(C(=O)c2ccc(F)cc2)C1. The molecule has 3 amide bonds. The van der Waals surface area contributed by atoms with Crippen molar-refractivity contribution in [3.63, 3.8) is 0 Å². The molecule has 1 aliphatic rings. The summed E-state index contributed by atoms with van der Waals surface area (Å²) in [4.78, 5) is 38.3. The Morgan fingerprint density at radius 3 is 2.48 bits per heavy atom. The van der Waals surface area contributed by atoms with E-state index in [1.54, 1.807) is 29.2 Å². The number of nitrogens with one attached hydrogen (secondary N) is 1. The van der Waals surface area contributed by atoms with Gasteiger partial charge in [-0.1, -0.05) is 12.1 Å². The second-order valence-electron chi connectivity index (χ2n) is 6.50. The number of nitrogens with zero attached hydrogens (tertiary/aromatic N) is 1. The molecule has 2 aromatic carbocycles. The third-order valence-corrected chi connectivity index (χ3v) is 4.62. The summed E-state index contributed by atoms with van der Waals surface area (Å²) in [5.74, 6) is -1.92. The maximum absolute atomic E-state index is 13.0. The smallest absolute Gasteiger partial charge is 0.253 e. The van der Waals surface area contributed by atoms with Gasteiger partial charge in [0.05, 0.1) is 17.2 Å². The predicted octanol–water partition coefficient (Wildman–Crippen LogP) is 2.42. The number of rotatable bonds is 4. The van der Waals surface area contributed by atoms with E-state index in [0.717, 1.165) is 0 Å². The summed E-state index contributed by atoms with van der Waals surface area (Å²) in [5.41, 5.74) is 6.32. The molecule has 1 aliphatic heterocycles. The molecule has 0 bridgehead atoms. The number of halogens is 1. The van der Waals surface area contributed by atoms with Gasteiger partial charge in [0.1, 0.15) is 5.82 Å². The number of primary amides is 1. The summed E-state index contributed by atoms with van der Waals surface area (Å²) in [7, 11) is 0. The van der Waals surface area contributed by atoms with Crippen LogP contribution in [0.15, 0.2) is 48.5 Å². The van der Waals surface area contributed by atoms with Gasteiger partial charge in [-0.25, -0.2) is 4.39 Å². The number of hydrogen-bond acceptors (Lipinski definition) is 3. The number of para-hydroxylation sites is 1. The monoisotopic (exact) mass is 369 g/mol. The van der Waals surface area contributed by atoms with Gasteiger partial charge in [0.2, 0.25) is 5.91 Å². The number of carbonyl (C=O) groups is 3. The average Bonchev–Trinajstić information content (AvgIpc) is 2.68. The van der Waals surface area contributed by atoms with E-state index in [-0.39, 0.29) is 23.9 Å². The molecule has 0 radical (unpaired) electrons. The molecule has 1 heterocycles. The highest BCUT2D eigenvalue weighted by atomic mass is 19.1. The van der Waals surface area contributed by atoms with Gasteiger partial charge < -0.3 is 16.0 Å². The van der Waals surface area contributed by atoms with Crippen LogP contribution in [0.1, 0.15) is 33.6 Å². The lowest BCUT2D eigenvalue weighted by atomic mass is 9.96. The van der Waals surface area contributed by atoms with Crippen LogP contribution in [0, 0.1) is 11.7 Å². The molecule has 0 spiro atoms. The largest absolute Gasteiger partial charge is 0.366 e. The van der Waals surface area contributed by atoms with E-state index in [9.17, 15) is 18.8 Å². The third kappa shape index (κ3) is 4.31. The zero-order chi connectivity index (χ0) is 19.4. The van der Waals surface area contributed by atoms with Crippen LogP contribution in [0.2, 0.25) is 0 Å². The quantitative estimate of drug-likeness (QED) is 0.867. The molecule has 7 heteroatoms. The third-order valence-electron chi connectivity index (χ3n) is 4.62. The topological polar surface area (TPSA) is 92.5 Å². The van der Waals surface area contributed by atoms with E-state index >= 15 is 0 Å². The minimum absolute atomic E-state index is 0.231. The summed E-state index contributed by atoms with van der Waals surface area (Å²) in [6, 6.07) is 11.9.